The van der Waals surface area contributed by atoms with E-state index < -0.39 is 0 Å². The van der Waals surface area contributed by atoms with E-state index in [1.165, 1.54) is 24.8 Å². The van der Waals surface area contributed by atoms with E-state index in [0.717, 1.165) is 12.3 Å². The summed E-state index contributed by atoms with van der Waals surface area (Å²) < 4.78 is 5.47. The Bertz CT molecular complexity index is 377. The van der Waals surface area contributed by atoms with Crippen LogP contribution in [0.3, 0.4) is 0 Å². The first-order chi connectivity index (χ1) is 9.24. The first kappa shape index (κ1) is 14.4. The highest BCUT2D eigenvalue weighted by molar-refractivity contribution is 5.29. The maximum absolute atomic E-state index is 5.84. The molecule has 0 spiro atoms. The molecule has 106 valence electrons. The van der Waals surface area contributed by atoms with Gasteiger partial charge >= 0.3 is 0 Å². The number of hydrogen-bond donors (Lipinski definition) is 2. The van der Waals surface area contributed by atoms with Gasteiger partial charge in [-0.25, -0.2) is 0 Å². The number of hydrogen-bond acceptors (Lipinski definition) is 3. The van der Waals surface area contributed by atoms with Crippen LogP contribution >= 0.6 is 0 Å². The molecule has 19 heavy (non-hydrogen) atoms. The Morgan fingerprint density at radius 1 is 1.32 bits per heavy atom. The average molecular weight is 262 g/mol. The topological polar surface area (TPSA) is 47.3 Å². The summed E-state index contributed by atoms with van der Waals surface area (Å²) in [6.45, 7) is 5.74. The van der Waals surface area contributed by atoms with Crippen molar-refractivity contribution >= 4 is 0 Å². The summed E-state index contributed by atoms with van der Waals surface area (Å²) in [6.07, 6.45) is 3.82. The Morgan fingerprint density at radius 2 is 2.05 bits per heavy atom. The lowest BCUT2D eigenvalue weighted by molar-refractivity contribution is 0.339. The maximum atomic E-state index is 5.84. The molecular weight excluding hydrogens is 236 g/mol. The number of ether oxygens (including phenoxy) is 1. The second-order valence-corrected chi connectivity index (χ2v) is 5.42. The Labute approximate surface area is 116 Å². The zero-order chi connectivity index (χ0) is 13.7. The molecule has 1 aliphatic carbocycles. The van der Waals surface area contributed by atoms with Crippen LogP contribution in [0.5, 0.6) is 5.75 Å². The normalized spacial score (nSPS) is 24.4. The molecule has 3 N–H and O–H groups in total. The maximum Gasteiger partial charge on any atom is 0.119 e. The fourth-order valence-corrected chi connectivity index (χ4v) is 2.98. The number of nitrogens with two attached hydrogens (primary N) is 1. The summed E-state index contributed by atoms with van der Waals surface area (Å²) in [4.78, 5) is 0. The Balaban J connectivity index is 1.93. The molecule has 0 saturated heterocycles. The largest absolute Gasteiger partial charge is 0.494 e. The van der Waals surface area contributed by atoms with Crippen LogP contribution in [0.2, 0.25) is 0 Å². The highest BCUT2D eigenvalue weighted by Gasteiger charge is 2.27. The molecule has 3 unspecified atom stereocenters. The fraction of sp³-hybridized carbons (Fsp3) is 0.625. The van der Waals surface area contributed by atoms with Crippen LogP contribution in [0.15, 0.2) is 24.3 Å². The summed E-state index contributed by atoms with van der Waals surface area (Å²) in [6, 6.07) is 9.34. The Kier molecular flexibility index (Phi) is 5.23. The summed E-state index contributed by atoms with van der Waals surface area (Å²) in [5, 5.41) is 3.73. The molecule has 1 saturated carbocycles. The van der Waals surface area contributed by atoms with Crippen molar-refractivity contribution in [2.75, 3.05) is 13.2 Å². The van der Waals surface area contributed by atoms with Crippen LogP contribution in [0.1, 0.15) is 44.7 Å². The van der Waals surface area contributed by atoms with Gasteiger partial charge in [-0.15, -0.1) is 0 Å². The predicted octanol–water partition coefficient (Wildman–Crippen LogP) is 2.86. The molecule has 1 fully saturated rings. The molecule has 3 heteroatoms. The Hall–Kier alpha value is -1.06. The highest BCUT2D eigenvalue weighted by Crippen LogP contribution is 2.27. The van der Waals surface area contributed by atoms with Crippen LogP contribution in [0.4, 0.5) is 0 Å². The van der Waals surface area contributed by atoms with Gasteiger partial charge in [-0.1, -0.05) is 18.6 Å². The predicted molar refractivity (Wildman–Crippen MR) is 79.3 cm³/mol. The average Bonchev–Trinajstić information content (AvgIpc) is 2.87. The molecule has 0 bridgehead atoms. The van der Waals surface area contributed by atoms with E-state index in [0.29, 0.717) is 24.6 Å². The lowest BCUT2D eigenvalue weighted by atomic mass is 10.0. The minimum Gasteiger partial charge on any atom is -0.494 e. The van der Waals surface area contributed by atoms with E-state index in [1.807, 2.05) is 19.1 Å². The molecule has 1 aromatic rings. The monoisotopic (exact) mass is 262 g/mol. The molecule has 0 amide bonds. The van der Waals surface area contributed by atoms with E-state index in [1.54, 1.807) is 0 Å². The van der Waals surface area contributed by atoms with Crippen LogP contribution in [0.25, 0.3) is 0 Å². The lowest BCUT2D eigenvalue weighted by Gasteiger charge is -2.24. The zero-order valence-electron chi connectivity index (χ0n) is 12.1. The van der Waals surface area contributed by atoms with Gasteiger partial charge in [0, 0.05) is 12.1 Å². The van der Waals surface area contributed by atoms with Crippen LogP contribution in [0, 0.1) is 5.92 Å². The molecule has 0 heterocycles. The quantitative estimate of drug-likeness (QED) is 0.828. The molecule has 3 atom stereocenters. The molecule has 1 aromatic carbocycles. The minimum atomic E-state index is 0.368. The number of benzene rings is 1. The van der Waals surface area contributed by atoms with Gasteiger partial charge in [-0.05, 0) is 56.8 Å². The van der Waals surface area contributed by atoms with Crippen molar-refractivity contribution in [1.29, 1.82) is 0 Å². The van der Waals surface area contributed by atoms with Gasteiger partial charge in [-0.2, -0.15) is 0 Å². The van der Waals surface area contributed by atoms with Gasteiger partial charge in [-0.3, -0.25) is 0 Å². The first-order valence-electron chi connectivity index (χ1n) is 7.43. The smallest absolute Gasteiger partial charge is 0.119 e. The highest BCUT2D eigenvalue weighted by atomic mass is 16.5. The molecule has 0 aliphatic heterocycles. The van der Waals surface area contributed by atoms with Crippen LogP contribution < -0.4 is 15.8 Å². The third-order valence-electron chi connectivity index (χ3n) is 4.12. The van der Waals surface area contributed by atoms with Crippen molar-refractivity contribution in [1.82, 2.24) is 5.32 Å². The summed E-state index contributed by atoms with van der Waals surface area (Å²) >= 11 is 0. The summed E-state index contributed by atoms with van der Waals surface area (Å²) in [5.41, 5.74) is 7.15. The van der Waals surface area contributed by atoms with Gasteiger partial charge in [0.2, 0.25) is 0 Å². The fourth-order valence-electron chi connectivity index (χ4n) is 2.98. The third-order valence-corrected chi connectivity index (χ3v) is 4.12. The van der Waals surface area contributed by atoms with E-state index in [2.05, 4.69) is 24.4 Å². The standard InChI is InChI=1S/C16H26N2O/c1-3-19-15-9-7-13(8-10-15)12(2)18-16-6-4-5-14(16)11-17/h7-10,12,14,16,18H,3-6,11,17H2,1-2H3. The van der Waals surface area contributed by atoms with Crippen molar-refractivity contribution < 1.29 is 4.74 Å². The van der Waals surface area contributed by atoms with Crippen molar-refractivity contribution in [2.45, 2.75) is 45.2 Å². The lowest BCUT2D eigenvalue weighted by Crippen LogP contribution is -2.37. The van der Waals surface area contributed by atoms with Crippen molar-refractivity contribution in [2.24, 2.45) is 11.7 Å². The van der Waals surface area contributed by atoms with E-state index in [4.69, 9.17) is 10.5 Å². The minimum absolute atomic E-state index is 0.368. The molecule has 3 nitrogen and oxygen atoms in total. The Morgan fingerprint density at radius 3 is 2.68 bits per heavy atom. The summed E-state index contributed by atoms with van der Waals surface area (Å²) in [5.74, 6) is 1.59. The van der Waals surface area contributed by atoms with Crippen LogP contribution in [-0.2, 0) is 0 Å². The SMILES string of the molecule is CCOc1ccc(C(C)NC2CCCC2CN)cc1. The molecular formula is C16H26N2O. The molecule has 1 aliphatic rings. The van der Waals surface area contributed by atoms with Crippen LogP contribution in [-0.4, -0.2) is 19.2 Å². The van der Waals surface area contributed by atoms with Crippen molar-refractivity contribution in [3.05, 3.63) is 29.8 Å². The van der Waals surface area contributed by atoms with E-state index in [9.17, 15) is 0 Å². The van der Waals surface area contributed by atoms with Crippen molar-refractivity contribution in [3.63, 3.8) is 0 Å². The second-order valence-electron chi connectivity index (χ2n) is 5.42. The molecule has 0 aromatic heterocycles. The van der Waals surface area contributed by atoms with Gasteiger partial charge in [0.1, 0.15) is 5.75 Å². The first-order valence-corrected chi connectivity index (χ1v) is 7.43. The summed E-state index contributed by atoms with van der Waals surface area (Å²) in [7, 11) is 0. The third kappa shape index (κ3) is 3.71. The zero-order valence-corrected chi connectivity index (χ0v) is 12.1. The van der Waals surface area contributed by atoms with Gasteiger partial charge < -0.3 is 15.8 Å². The molecule has 0 radical (unpaired) electrons. The second kappa shape index (κ2) is 6.92. The van der Waals surface area contributed by atoms with Crippen molar-refractivity contribution in [3.8, 4) is 5.75 Å². The number of rotatable bonds is 6. The van der Waals surface area contributed by atoms with Gasteiger partial charge in [0.05, 0.1) is 6.61 Å². The van der Waals surface area contributed by atoms with Gasteiger partial charge in [0.25, 0.3) is 0 Å². The van der Waals surface area contributed by atoms with Gasteiger partial charge in [0.15, 0.2) is 0 Å². The molecule has 2 rings (SSSR count). The number of nitrogens with one attached hydrogen (secondary N) is 1. The van der Waals surface area contributed by atoms with E-state index >= 15 is 0 Å². The van der Waals surface area contributed by atoms with E-state index in [-0.39, 0.29) is 0 Å².